The predicted octanol–water partition coefficient (Wildman–Crippen LogP) is 3.43. The minimum atomic E-state index is -3.46. The molecule has 2 aromatic rings. The van der Waals surface area contributed by atoms with E-state index in [0.717, 1.165) is 5.41 Å². The average molecular weight is 336 g/mol. The summed E-state index contributed by atoms with van der Waals surface area (Å²) in [4.78, 5) is 0. The Bertz CT molecular complexity index is 796. The van der Waals surface area contributed by atoms with Gasteiger partial charge >= 0.3 is 0 Å². The SMILES string of the molecule is COc1ccc(CS(=O)(=O)/C=C/c2ccc(F)cc2OC)cc1. The molecule has 2 aromatic carbocycles. The summed E-state index contributed by atoms with van der Waals surface area (Å²) in [5.74, 6) is 0.371. The van der Waals surface area contributed by atoms with Gasteiger partial charge in [0.25, 0.3) is 0 Å². The Morgan fingerprint density at radius 1 is 1.04 bits per heavy atom. The Labute approximate surface area is 135 Å². The van der Waals surface area contributed by atoms with Crippen molar-refractivity contribution in [3.63, 3.8) is 0 Å². The Balaban J connectivity index is 2.17. The fraction of sp³-hybridized carbons (Fsp3) is 0.176. The van der Waals surface area contributed by atoms with Crippen LogP contribution >= 0.6 is 0 Å². The third kappa shape index (κ3) is 4.82. The molecule has 4 nitrogen and oxygen atoms in total. The van der Waals surface area contributed by atoms with E-state index in [2.05, 4.69) is 0 Å². The zero-order valence-corrected chi connectivity index (χ0v) is 13.6. The molecule has 0 spiro atoms. The van der Waals surface area contributed by atoms with Crippen molar-refractivity contribution in [3.8, 4) is 11.5 Å². The monoisotopic (exact) mass is 336 g/mol. The smallest absolute Gasteiger partial charge is 0.175 e. The molecule has 6 heteroatoms. The summed E-state index contributed by atoms with van der Waals surface area (Å²) in [7, 11) is -0.511. The molecule has 0 N–H and O–H groups in total. The fourth-order valence-corrected chi connectivity index (χ4v) is 3.11. The van der Waals surface area contributed by atoms with Crippen molar-refractivity contribution in [2.75, 3.05) is 14.2 Å². The topological polar surface area (TPSA) is 52.6 Å². The number of halogens is 1. The van der Waals surface area contributed by atoms with Gasteiger partial charge in [0.2, 0.25) is 0 Å². The highest BCUT2D eigenvalue weighted by molar-refractivity contribution is 7.93. The lowest BCUT2D eigenvalue weighted by Crippen LogP contribution is -2.00. The lowest BCUT2D eigenvalue weighted by atomic mass is 10.2. The van der Waals surface area contributed by atoms with Gasteiger partial charge in [-0.05, 0) is 35.9 Å². The fourth-order valence-electron chi connectivity index (χ4n) is 2.00. The van der Waals surface area contributed by atoms with E-state index in [1.807, 2.05) is 0 Å². The van der Waals surface area contributed by atoms with Gasteiger partial charge in [0.05, 0.1) is 20.0 Å². The van der Waals surface area contributed by atoms with Gasteiger partial charge < -0.3 is 9.47 Å². The van der Waals surface area contributed by atoms with E-state index in [1.165, 1.54) is 31.4 Å². The van der Waals surface area contributed by atoms with Crippen LogP contribution in [0.15, 0.2) is 47.9 Å². The van der Waals surface area contributed by atoms with Crippen LogP contribution in [0.4, 0.5) is 4.39 Å². The minimum absolute atomic E-state index is 0.128. The standard InChI is InChI=1S/C17H17FO4S/c1-21-16-7-3-13(4-8-16)12-23(19,20)10-9-14-5-6-15(18)11-17(14)22-2/h3-11H,12H2,1-2H3/b10-9+. The molecule has 0 aliphatic carbocycles. The van der Waals surface area contributed by atoms with Gasteiger partial charge in [0.1, 0.15) is 17.3 Å². The van der Waals surface area contributed by atoms with Crippen LogP contribution in [0.3, 0.4) is 0 Å². The molecule has 0 saturated heterocycles. The first kappa shape index (κ1) is 17.0. The Morgan fingerprint density at radius 3 is 2.35 bits per heavy atom. The second-order valence-corrected chi connectivity index (χ2v) is 6.73. The third-order valence-electron chi connectivity index (χ3n) is 3.18. The summed E-state index contributed by atoms with van der Waals surface area (Å²) in [6.45, 7) is 0. The van der Waals surface area contributed by atoms with Crippen molar-refractivity contribution in [1.82, 2.24) is 0 Å². The Kier molecular flexibility index (Phi) is 5.39. The number of ether oxygens (including phenoxy) is 2. The highest BCUT2D eigenvalue weighted by Gasteiger charge is 2.09. The highest BCUT2D eigenvalue weighted by atomic mass is 32.2. The molecule has 2 rings (SSSR count). The molecule has 122 valence electrons. The van der Waals surface area contributed by atoms with Crippen LogP contribution in [-0.2, 0) is 15.6 Å². The quantitative estimate of drug-likeness (QED) is 0.811. The van der Waals surface area contributed by atoms with Crippen LogP contribution in [-0.4, -0.2) is 22.6 Å². The maximum Gasteiger partial charge on any atom is 0.175 e. The zero-order valence-electron chi connectivity index (χ0n) is 12.8. The van der Waals surface area contributed by atoms with Gasteiger partial charge in [-0.3, -0.25) is 0 Å². The van der Waals surface area contributed by atoms with E-state index in [9.17, 15) is 12.8 Å². The van der Waals surface area contributed by atoms with Crippen LogP contribution in [0.25, 0.3) is 6.08 Å². The first-order valence-electron chi connectivity index (χ1n) is 6.81. The summed E-state index contributed by atoms with van der Waals surface area (Å²) in [6, 6.07) is 10.7. The number of rotatable bonds is 6. The van der Waals surface area contributed by atoms with Crippen molar-refractivity contribution >= 4 is 15.9 Å². The molecule has 0 aromatic heterocycles. The van der Waals surface area contributed by atoms with Gasteiger partial charge in [-0.15, -0.1) is 0 Å². The number of methoxy groups -OCH3 is 2. The maximum atomic E-state index is 13.1. The molecule has 0 bridgehead atoms. The molecule has 0 unspecified atom stereocenters. The van der Waals surface area contributed by atoms with Gasteiger partial charge in [0.15, 0.2) is 9.84 Å². The molecule has 0 atom stereocenters. The van der Waals surface area contributed by atoms with Crippen molar-refractivity contribution in [3.05, 3.63) is 64.8 Å². The van der Waals surface area contributed by atoms with E-state index >= 15 is 0 Å². The molecule has 0 aliphatic rings. The van der Waals surface area contributed by atoms with Gasteiger partial charge in [-0.25, -0.2) is 12.8 Å². The van der Waals surface area contributed by atoms with E-state index in [-0.39, 0.29) is 11.5 Å². The molecule has 0 radical (unpaired) electrons. The molecule has 0 amide bonds. The van der Waals surface area contributed by atoms with Crippen molar-refractivity contribution in [1.29, 1.82) is 0 Å². The predicted molar refractivity (Wildman–Crippen MR) is 87.6 cm³/mol. The summed E-state index contributed by atoms with van der Waals surface area (Å²) in [6.07, 6.45) is 1.40. The molecule has 0 fully saturated rings. The molecule has 23 heavy (non-hydrogen) atoms. The van der Waals surface area contributed by atoms with Crippen LogP contribution in [0.2, 0.25) is 0 Å². The van der Waals surface area contributed by atoms with Crippen LogP contribution < -0.4 is 9.47 Å². The molecular weight excluding hydrogens is 319 g/mol. The second kappa shape index (κ2) is 7.28. The van der Waals surface area contributed by atoms with Crippen LogP contribution in [0.5, 0.6) is 11.5 Å². The molecule has 0 aliphatic heterocycles. The number of hydrogen-bond donors (Lipinski definition) is 0. The van der Waals surface area contributed by atoms with E-state index in [1.54, 1.807) is 31.4 Å². The molecular formula is C17H17FO4S. The van der Waals surface area contributed by atoms with Crippen molar-refractivity contribution < 1.29 is 22.3 Å². The van der Waals surface area contributed by atoms with Crippen molar-refractivity contribution in [2.24, 2.45) is 0 Å². The molecule has 0 heterocycles. The Morgan fingerprint density at radius 2 is 1.74 bits per heavy atom. The lowest BCUT2D eigenvalue weighted by Gasteiger charge is -2.05. The van der Waals surface area contributed by atoms with Crippen molar-refractivity contribution in [2.45, 2.75) is 5.75 Å². The first-order chi connectivity index (χ1) is 10.9. The maximum absolute atomic E-state index is 13.1. The lowest BCUT2D eigenvalue weighted by molar-refractivity contribution is 0.410. The molecule has 0 saturated carbocycles. The number of benzene rings is 2. The van der Waals surface area contributed by atoms with Crippen LogP contribution in [0.1, 0.15) is 11.1 Å². The normalized spacial score (nSPS) is 11.6. The summed E-state index contributed by atoms with van der Waals surface area (Å²) in [5, 5.41) is 1.10. The van der Waals surface area contributed by atoms with E-state index in [0.29, 0.717) is 16.9 Å². The third-order valence-corrected chi connectivity index (χ3v) is 4.46. The summed E-state index contributed by atoms with van der Waals surface area (Å²) < 4.78 is 47.5. The summed E-state index contributed by atoms with van der Waals surface area (Å²) >= 11 is 0. The van der Waals surface area contributed by atoms with Gasteiger partial charge in [-0.1, -0.05) is 12.1 Å². The number of sulfone groups is 1. The highest BCUT2D eigenvalue weighted by Crippen LogP contribution is 2.22. The largest absolute Gasteiger partial charge is 0.497 e. The zero-order chi connectivity index (χ0) is 16.9. The van der Waals surface area contributed by atoms with Gasteiger partial charge in [-0.2, -0.15) is 0 Å². The average Bonchev–Trinajstić information content (AvgIpc) is 2.54. The summed E-state index contributed by atoms with van der Waals surface area (Å²) in [5.41, 5.74) is 1.15. The number of hydrogen-bond acceptors (Lipinski definition) is 4. The van der Waals surface area contributed by atoms with Crippen LogP contribution in [0, 0.1) is 5.82 Å². The first-order valence-corrected chi connectivity index (χ1v) is 8.52. The Hall–Kier alpha value is -2.34. The second-order valence-electron chi connectivity index (χ2n) is 4.84. The van der Waals surface area contributed by atoms with E-state index < -0.39 is 15.7 Å². The van der Waals surface area contributed by atoms with E-state index in [4.69, 9.17) is 9.47 Å². The minimum Gasteiger partial charge on any atom is -0.497 e. The van der Waals surface area contributed by atoms with Gasteiger partial charge in [0, 0.05) is 17.0 Å².